The van der Waals surface area contributed by atoms with Crippen LogP contribution in [0.2, 0.25) is 5.02 Å². The summed E-state index contributed by atoms with van der Waals surface area (Å²) in [5.74, 6) is 0.0919. The number of benzene rings is 1. The summed E-state index contributed by atoms with van der Waals surface area (Å²) in [6, 6.07) is 7.47. The smallest absolute Gasteiger partial charge is 0.183 e. The number of carbonyl (C=O) groups is 1. The lowest BCUT2D eigenvalue weighted by molar-refractivity contribution is -0.115. The molecular formula is C18H23Cl2N3O2S. The topological polar surface area (TPSA) is 65.5 Å². The molecule has 8 heteroatoms. The molecule has 3 rings (SSSR count). The highest BCUT2D eigenvalue weighted by Crippen LogP contribution is 2.34. The molecule has 0 atom stereocenters. The third-order valence-corrected chi connectivity index (χ3v) is 5.59. The molecule has 2 N–H and O–H groups in total. The third-order valence-electron chi connectivity index (χ3n) is 4.49. The summed E-state index contributed by atoms with van der Waals surface area (Å²) < 4.78 is 0. The second kappa shape index (κ2) is 9.15. The van der Waals surface area contributed by atoms with Gasteiger partial charge in [0.2, 0.25) is 0 Å². The Morgan fingerprint density at radius 3 is 2.62 bits per heavy atom. The molecule has 0 aliphatic carbocycles. The van der Waals surface area contributed by atoms with Crippen molar-refractivity contribution in [2.24, 2.45) is 0 Å². The first kappa shape index (κ1) is 21.1. The molecule has 0 saturated carbocycles. The summed E-state index contributed by atoms with van der Waals surface area (Å²) in [6.07, 6.45) is 1.38. The van der Waals surface area contributed by atoms with Gasteiger partial charge in [-0.25, -0.2) is 4.98 Å². The van der Waals surface area contributed by atoms with E-state index >= 15 is 0 Å². The lowest BCUT2D eigenvalue weighted by Gasteiger charge is -2.38. The number of piperidine rings is 1. The number of hydrogen-bond acceptors (Lipinski definition) is 6. The Hall–Kier alpha value is -1.18. The molecule has 0 spiro atoms. The Morgan fingerprint density at radius 1 is 1.35 bits per heavy atom. The molecule has 142 valence electrons. The Kier molecular flexibility index (Phi) is 7.43. The van der Waals surface area contributed by atoms with E-state index in [0.29, 0.717) is 24.4 Å². The van der Waals surface area contributed by atoms with Crippen molar-refractivity contribution in [3.05, 3.63) is 45.9 Å². The van der Waals surface area contributed by atoms with Crippen LogP contribution in [0, 0.1) is 0 Å². The molecule has 2 aromatic rings. The minimum absolute atomic E-state index is 0. The van der Waals surface area contributed by atoms with E-state index in [4.69, 9.17) is 11.6 Å². The van der Waals surface area contributed by atoms with Crippen LogP contribution in [-0.4, -0.2) is 40.4 Å². The molecule has 2 heterocycles. The van der Waals surface area contributed by atoms with E-state index in [0.717, 1.165) is 36.0 Å². The van der Waals surface area contributed by atoms with Crippen LogP contribution in [-0.2, 0) is 16.9 Å². The van der Waals surface area contributed by atoms with Crippen LogP contribution < -0.4 is 5.32 Å². The van der Waals surface area contributed by atoms with Gasteiger partial charge in [0.25, 0.3) is 0 Å². The monoisotopic (exact) mass is 415 g/mol. The van der Waals surface area contributed by atoms with Gasteiger partial charge in [-0.3, -0.25) is 9.69 Å². The largest absolute Gasteiger partial charge is 0.385 e. The second-order valence-electron chi connectivity index (χ2n) is 6.51. The molecule has 1 aromatic carbocycles. The molecule has 1 aliphatic heterocycles. The van der Waals surface area contributed by atoms with E-state index in [-0.39, 0.29) is 18.2 Å². The van der Waals surface area contributed by atoms with E-state index in [1.54, 1.807) is 6.92 Å². The summed E-state index contributed by atoms with van der Waals surface area (Å²) in [5.41, 5.74) is 1.14. The van der Waals surface area contributed by atoms with Crippen LogP contribution in [0.1, 0.15) is 31.0 Å². The van der Waals surface area contributed by atoms with Crippen LogP contribution in [0.15, 0.2) is 29.6 Å². The van der Waals surface area contributed by atoms with Gasteiger partial charge in [-0.2, -0.15) is 0 Å². The number of hydrogen-bond donors (Lipinski definition) is 2. The van der Waals surface area contributed by atoms with Crippen molar-refractivity contribution in [1.82, 2.24) is 9.88 Å². The van der Waals surface area contributed by atoms with E-state index in [1.165, 1.54) is 11.3 Å². The number of nitrogens with zero attached hydrogens (tertiary/aromatic N) is 2. The van der Waals surface area contributed by atoms with Crippen molar-refractivity contribution >= 4 is 46.3 Å². The van der Waals surface area contributed by atoms with Crippen LogP contribution in [0.4, 0.5) is 5.13 Å². The molecule has 0 bridgehead atoms. The fraction of sp³-hybridized carbons (Fsp3) is 0.444. The first-order valence-corrected chi connectivity index (χ1v) is 9.59. The van der Waals surface area contributed by atoms with Gasteiger partial charge in [-0.15, -0.1) is 23.7 Å². The Labute approximate surface area is 168 Å². The number of rotatable bonds is 6. The maximum absolute atomic E-state index is 11.0. The summed E-state index contributed by atoms with van der Waals surface area (Å²) in [6.45, 7) is 4.25. The van der Waals surface area contributed by atoms with Gasteiger partial charge >= 0.3 is 0 Å². The van der Waals surface area contributed by atoms with Crippen molar-refractivity contribution in [3.63, 3.8) is 0 Å². The van der Waals surface area contributed by atoms with Gasteiger partial charge in [-0.1, -0.05) is 23.7 Å². The highest BCUT2D eigenvalue weighted by Gasteiger charge is 2.34. The Bertz CT molecular complexity index is 728. The molecule has 5 nitrogen and oxygen atoms in total. The zero-order chi connectivity index (χ0) is 17.9. The van der Waals surface area contributed by atoms with Crippen LogP contribution >= 0.6 is 35.3 Å². The van der Waals surface area contributed by atoms with Crippen LogP contribution in [0.5, 0.6) is 0 Å². The molecule has 0 unspecified atom stereocenters. The van der Waals surface area contributed by atoms with Crippen molar-refractivity contribution in [1.29, 1.82) is 0 Å². The Morgan fingerprint density at radius 2 is 2.00 bits per heavy atom. The summed E-state index contributed by atoms with van der Waals surface area (Å²) in [5, 5.41) is 17.4. The predicted octanol–water partition coefficient (Wildman–Crippen LogP) is 3.70. The quantitative estimate of drug-likeness (QED) is 0.752. The number of ketones is 1. The van der Waals surface area contributed by atoms with E-state index < -0.39 is 5.60 Å². The molecule has 0 amide bonds. The maximum Gasteiger partial charge on any atom is 0.183 e. The zero-order valence-corrected chi connectivity index (χ0v) is 17.0. The molecule has 26 heavy (non-hydrogen) atoms. The standard InChI is InChI=1S/C18H22ClN3O2S.ClH/c1-13(23)10-20-17-21-16(12-25-17)11-22-8-6-18(24,7-9-22)14-2-4-15(19)5-3-14;/h2-5,12,24H,6-11H2,1H3,(H,20,21);1H. The summed E-state index contributed by atoms with van der Waals surface area (Å²) >= 11 is 7.45. The normalized spacial score (nSPS) is 16.7. The number of aromatic nitrogens is 1. The molecular weight excluding hydrogens is 393 g/mol. The number of carbonyl (C=O) groups excluding carboxylic acids is 1. The molecule has 1 saturated heterocycles. The fourth-order valence-corrected chi connectivity index (χ4v) is 3.85. The van der Waals surface area contributed by atoms with Crippen molar-refractivity contribution < 1.29 is 9.90 Å². The first-order chi connectivity index (χ1) is 11.9. The van der Waals surface area contributed by atoms with Gasteiger partial charge in [-0.05, 0) is 37.5 Å². The second-order valence-corrected chi connectivity index (χ2v) is 7.81. The third kappa shape index (κ3) is 5.41. The molecule has 1 aromatic heterocycles. The van der Waals surface area contributed by atoms with Gasteiger partial charge in [0.1, 0.15) is 5.78 Å². The maximum atomic E-state index is 11.0. The van der Waals surface area contributed by atoms with Crippen LogP contribution in [0.3, 0.4) is 0 Å². The van der Waals surface area contributed by atoms with E-state index in [1.807, 2.05) is 29.6 Å². The van der Waals surface area contributed by atoms with Crippen molar-refractivity contribution in [2.45, 2.75) is 31.9 Å². The van der Waals surface area contributed by atoms with Crippen LogP contribution in [0.25, 0.3) is 0 Å². The SMILES string of the molecule is CC(=O)CNc1nc(CN2CCC(O)(c3ccc(Cl)cc3)CC2)cs1.Cl. The lowest BCUT2D eigenvalue weighted by atomic mass is 9.84. The fourth-order valence-electron chi connectivity index (χ4n) is 3.02. The summed E-state index contributed by atoms with van der Waals surface area (Å²) in [7, 11) is 0. The zero-order valence-electron chi connectivity index (χ0n) is 14.6. The highest BCUT2D eigenvalue weighted by atomic mass is 35.5. The molecule has 0 radical (unpaired) electrons. The lowest BCUT2D eigenvalue weighted by Crippen LogP contribution is -2.42. The minimum Gasteiger partial charge on any atom is -0.385 e. The van der Waals surface area contributed by atoms with E-state index in [9.17, 15) is 9.90 Å². The van der Waals surface area contributed by atoms with Gasteiger partial charge < -0.3 is 10.4 Å². The average molecular weight is 416 g/mol. The average Bonchev–Trinajstić information content (AvgIpc) is 3.03. The molecule has 1 fully saturated rings. The van der Waals surface area contributed by atoms with Crippen molar-refractivity contribution in [2.75, 3.05) is 25.0 Å². The number of thiazole rings is 1. The minimum atomic E-state index is -0.780. The Balaban J connectivity index is 0.00000243. The number of halogens is 2. The molecule has 1 aliphatic rings. The van der Waals surface area contributed by atoms with Gasteiger partial charge in [0.15, 0.2) is 5.13 Å². The number of Topliss-reactive ketones (excluding diaryl/α,β-unsaturated/α-hetero) is 1. The van der Waals surface area contributed by atoms with E-state index in [2.05, 4.69) is 15.2 Å². The number of nitrogens with one attached hydrogen (secondary N) is 1. The van der Waals surface area contributed by atoms with Gasteiger partial charge in [0, 0.05) is 30.0 Å². The number of aliphatic hydroxyl groups is 1. The number of likely N-dealkylation sites (tertiary alicyclic amines) is 1. The predicted molar refractivity (Wildman–Crippen MR) is 108 cm³/mol. The van der Waals surface area contributed by atoms with Gasteiger partial charge in [0.05, 0.1) is 17.8 Å². The summed E-state index contributed by atoms with van der Waals surface area (Å²) in [4.78, 5) is 17.8. The highest BCUT2D eigenvalue weighted by molar-refractivity contribution is 7.13. The number of anilines is 1. The first-order valence-electron chi connectivity index (χ1n) is 8.33. The van der Waals surface area contributed by atoms with Crippen molar-refractivity contribution in [3.8, 4) is 0 Å².